The van der Waals surface area contributed by atoms with E-state index < -0.39 is 0 Å². The molecule has 0 spiro atoms. The molecule has 1 aliphatic heterocycles. The maximum absolute atomic E-state index is 5.76. The normalized spacial score (nSPS) is 51.3. The van der Waals surface area contributed by atoms with Gasteiger partial charge in [0.25, 0.3) is 0 Å². The molecular weight excluding hydrogens is 222 g/mol. The van der Waals surface area contributed by atoms with Crippen molar-refractivity contribution in [1.82, 2.24) is 5.32 Å². The Hall–Kier alpha value is -0.0800. The predicted molar refractivity (Wildman–Crippen MR) is 72.4 cm³/mol. The van der Waals surface area contributed by atoms with Crippen LogP contribution in [0.15, 0.2) is 0 Å². The zero-order valence-corrected chi connectivity index (χ0v) is 11.5. The fraction of sp³-hybridized carbons (Fsp3) is 1.00. The fourth-order valence-electron chi connectivity index (χ4n) is 6.04. The second-order valence-electron chi connectivity index (χ2n) is 7.77. The highest BCUT2D eigenvalue weighted by atomic mass is 16.5. The fourth-order valence-corrected chi connectivity index (χ4v) is 6.04. The van der Waals surface area contributed by atoms with Crippen molar-refractivity contribution in [3.63, 3.8) is 0 Å². The van der Waals surface area contributed by atoms with Crippen molar-refractivity contribution in [1.29, 1.82) is 0 Å². The molecule has 4 aliphatic carbocycles. The Kier molecular flexibility index (Phi) is 2.92. The molecule has 0 aromatic carbocycles. The maximum atomic E-state index is 5.76. The number of ether oxygens (including phenoxy) is 1. The second kappa shape index (κ2) is 4.49. The lowest BCUT2D eigenvalue weighted by atomic mass is 9.48. The Morgan fingerprint density at radius 2 is 1.67 bits per heavy atom. The van der Waals surface area contributed by atoms with Crippen molar-refractivity contribution in [3.05, 3.63) is 0 Å². The lowest BCUT2D eigenvalue weighted by Gasteiger charge is -2.57. The van der Waals surface area contributed by atoms with Gasteiger partial charge in [0, 0.05) is 13.1 Å². The van der Waals surface area contributed by atoms with Gasteiger partial charge in [0.05, 0.1) is 13.2 Å². The molecule has 2 nitrogen and oxygen atoms in total. The molecule has 5 rings (SSSR count). The molecule has 5 fully saturated rings. The third kappa shape index (κ3) is 2.12. The summed E-state index contributed by atoms with van der Waals surface area (Å²) in [6.07, 6.45) is 10.8. The zero-order valence-electron chi connectivity index (χ0n) is 11.5. The first-order valence-corrected chi connectivity index (χ1v) is 8.10. The minimum absolute atomic E-state index is 0.731. The van der Waals surface area contributed by atoms with E-state index in [0.29, 0.717) is 0 Å². The van der Waals surface area contributed by atoms with Gasteiger partial charge >= 0.3 is 0 Å². The Morgan fingerprint density at radius 1 is 1.00 bits per heavy atom. The molecule has 1 N–H and O–H groups in total. The summed E-state index contributed by atoms with van der Waals surface area (Å²) < 4.78 is 5.76. The smallest absolute Gasteiger partial charge is 0.0591 e. The van der Waals surface area contributed by atoms with Crippen molar-refractivity contribution in [2.75, 3.05) is 26.3 Å². The minimum Gasteiger partial charge on any atom is -0.380 e. The van der Waals surface area contributed by atoms with Crippen LogP contribution in [-0.4, -0.2) is 26.3 Å². The molecular formula is C16H27NO. The predicted octanol–water partition coefficient (Wildman–Crippen LogP) is 2.83. The summed E-state index contributed by atoms with van der Waals surface area (Å²) in [7, 11) is 0. The summed E-state index contributed by atoms with van der Waals surface area (Å²) in [5, 5.41) is 3.55. The first-order valence-electron chi connectivity index (χ1n) is 8.10. The summed E-state index contributed by atoms with van der Waals surface area (Å²) in [5.74, 6) is 4.06. The Bertz CT molecular complexity index is 271. The van der Waals surface area contributed by atoms with Gasteiger partial charge in [-0.3, -0.25) is 0 Å². The van der Waals surface area contributed by atoms with Crippen molar-refractivity contribution in [2.45, 2.75) is 44.9 Å². The molecule has 2 heteroatoms. The van der Waals surface area contributed by atoms with E-state index >= 15 is 0 Å². The second-order valence-corrected chi connectivity index (χ2v) is 7.77. The molecule has 102 valence electrons. The summed E-state index contributed by atoms with van der Waals surface area (Å²) in [5.41, 5.74) is 0.731. The first kappa shape index (κ1) is 11.7. The van der Waals surface area contributed by atoms with Crippen LogP contribution in [0.5, 0.6) is 0 Å². The molecule has 4 saturated carbocycles. The topological polar surface area (TPSA) is 21.3 Å². The van der Waals surface area contributed by atoms with E-state index in [4.69, 9.17) is 4.74 Å². The summed E-state index contributed by atoms with van der Waals surface area (Å²) in [6, 6.07) is 0. The van der Waals surface area contributed by atoms with Gasteiger partial charge in [-0.2, -0.15) is 0 Å². The van der Waals surface area contributed by atoms with E-state index in [2.05, 4.69) is 5.32 Å². The van der Waals surface area contributed by atoms with Gasteiger partial charge in [0.2, 0.25) is 0 Å². The lowest BCUT2D eigenvalue weighted by molar-refractivity contribution is -0.0692. The molecule has 18 heavy (non-hydrogen) atoms. The van der Waals surface area contributed by atoms with Crippen molar-refractivity contribution >= 4 is 0 Å². The van der Waals surface area contributed by atoms with E-state index in [9.17, 15) is 0 Å². The molecule has 0 amide bonds. The molecule has 0 aromatic heterocycles. The van der Waals surface area contributed by atoms with Crippen LogP contribution in [0.4, 0.5) is 0 Å². The highest BCUT2D eigenvalue weighted by molar-refractivity contribution is 5.02. The van der Waals surface area contributed by atoms with Gasteiger partial charge in [-0.05, 0) is 74.0 Å². The molecule has 0 aromatic rings. The quantitative estimate of drug-likeness (QED) is 0.812. The minimum atomic E-state index is 0.731. The van der Waals surface area contributed by atoms with Gasteiger partial charge in [0.1, 0.15) is 0 Å². The van der Waals surface area contributed by atoms with Crippen molar-refractivity contribution in [2.24, 2.45) is 29.1 Å². The molecule has 1 unspecified atom stereocenters. The van der Waals surface area contributed by atoms with Gasteiger partial charge < -0.3 is 10.1 Å². The molecule has 1 atom stereocenters. The third-order valence-corrected chi connectivity index (χ3v) is 6.10. The molecule has 5 aliphatic rings. The van der Waals surface area contributed by atoms with Crippen LogP contribution in [0.3, 0.4) is 0 Å². The Labute approximate surface area is 111 Å². The summed E-state index contributed by atoms with van der Waals surface area (Å²) in [4.78, 5) is 0. The molecule has 1 saturated heterocycles. The van der Waals surface area contributed by atoms with Crippen LogP contribution in [0.2, 0.25) is 0 Å². The maximum Gasteiger partial charge on any atom is 0.0591 e. The van der Waals surface area contributed by atoms with Crippen LogP contribution in [0, 0.1) is 29.1 Å². The number of hydrogen-bond donors (Lipinski definition) is 1. The van der Waals surface area contributed by atoms with E-state index in [-0.39, 0.29) is 0 Å². The third-order valence-electron chi connectivity index (χ3n) is 6.10. The Balaban J connectivity index is 1.46. The Morgan fingerprint density at radius 3 is 2.33 bits per heavy atom. The summed E-state index contributed by atoms with van der Waals surface area (Å²) >= 11 is 0. The van der Waals surface area contributed by atoms with Gasteiger partial charge in [-0.15, -0.1) is 0 Å². The molecule has 1 heterocycles. The van der Waals surface area contributed by atoms with Crippen LogP contribution in [-0.2, 0) is 4.74 Å². The standard InChI is InChI=1S/C16H27NO/c1-2-18-11-15(10-17-1)9-16-6-12-3-13(7-16)5-14(4-12)8-16/h12-15,17H,1-11H2. The van der Waals surface area contributed by atoms with Crippen LogP contribution < -0.4 is 5.32 Å². The lowest BCUT2D eigenvalue weighted by Crippen LogP contribution is -2.47. The van der Waals surface area contributed by atoms with E-state index in [1.165, 1.54) is 13.0 Å². The van der Waals surface area contributed by atoms with E-state index in [1.54, 1.807) is 38.5 Å². The largest absolute Gasteiger partial charge is 0.380 e. The molecule has 0 radical (unpaired) electrons. The number of hydrogen-bond acceptors (Lipinski definition) is 2. The highest BCUT2D eigenvalue weighted by Crippen LogP contribution is 2.62. The van der Waals surface area contributed by atoms with E-state index in [1.807, 2.05) is 0 Å². The zero-order chi connectivity index (χ0) is 12.0. The van der Waals surface area contributed by atoms with Crippen LogP contribution >= 0.6 is 0 Å². The molecule has 4 bridgehead atoms. The SMILES string of the molecule is C1COCC(CC23CC4CC(CC(C4)C2)C3)CN1. The summed E-state index contributed by atoms with van der Waals surface area (Å²) in [6.45, 7) is 4.17. The van der Waals surface area contributed by atoms with Crippen molar-refractivity contribution < 1.29 is 4.74 Å². The number of rotatable bonds is 2. The number of nitrogens with one attached hydrogen (secondary N) is 1. The average molecular weight is 249 g/mol. The van der Waals surface area contributed by atoms with Crippen LogP contribution in [0.1, 0.15) is 44.9 Å². The van der Waals surface area contributed by atoms with Crippen LogP contribution in [0.25, 0.3) is 0 Å². The average Bonchev–Trinajstić information content (AvgIpc) is 2.55. The highest BCUT2D eigenvalue weighted by Gasteiger charge is 2.51. The van der Waals surface area contributed by atoms with Gasteiger partial charge in [-0.25, -0.2) is 0 Å². The monoisotopic (exact) mass is 249 g/mol. The first-order chi connectivity index (χ1) is 8.81. The van der Waals surface area contributed by atoms with E-state index in [0.717, 1.165) is 48.8 Å². The van der Waals surface area contributed by atoms with Gasteiger partial charge in [-0.1, -0.05) is 0 Å². The van der Waals surface area contributed by atoms with Gasteiger partial charge in [0.15, 0.2) is 0 Å². The van der Waals surface area contributed by atoms with Crippen molar-refractivity contribution in [3.8, 4) is 0 Å².